The Morgan fingerprint density at radius 2 is 2.15 bits per heavy atom. The predicted molar refractivity (Wildman–Crippen MR) is 58.4 cm³/mol. The summed E-state index contributed by atoms with van der Waals surface area (Å²) in [7, 11) is 1.97. The Kier molecular flexibility index (Phi) is 3.76. The van der Waals surface area contributed by atoms with Crippen LogP contribution in [-0.4, -0.2) is 13.1 Å². The molecular formula is C11H16ClN. The summed E-state index contributed by atoms with van der Waals surface area (Å²) in [5, 5.41) is 4.09. The zero-order valence-corrected chi connectivity index (χ0v) is 9.15. The lowest BCUT2D eigenvalue weighted by Crippen LogP contribution is -2.24. The molecule has 72 valence electrons. The molecule has 1 unspecified atom stereocenters. The lowest BCUT2D eigenvalue weighted by atomic mass is 10.0. The van der Waals surface area contributed by atoms with E-state index in [0.29, 0.717) is 6.04 Å². The third kappa shape index (κ3) is 2.71. The molecule has 1 N–H and O–H groups in total. The van der Waals surface area contributed by atoms with Gasteiger partial charge in [-0.05, 0) is 44.5 Å². The van der Waals surface area contributed by atoms with Crippen molar-refractivity contribution >= 4 is 11.6 Å². The lowest BCUT2D eigenvalue weighted by Gasteiger charge is -2.13. The minimum Gasteiger partial charge on any atom is -0.317 e. The fourth-order valence-corrected chi connectivity index (χ4v) is 1.63. The number of benzene rings is 1. The van der Waals surface area contributed by atoms with Crippen molar-refractivity contribution in [1.82, 2.24) is 5.32 Å². The van der Waals surface area contributed by atoms with Crippen LogP contribution in [0.15, 0.2) is 18.2 Å². The molecule has 0 fully saturated rings. The Labute approximate surface area is 85.1 Å². The van der Waals surface area contributed by atoms with Crippen LogP contribution < -0.4 is 5.32 Å². The zero-order chi connectivity index (χ0) is 9.84. The number of rotatable bonds is 3. The molecule has 0 amide bonds. The predicted octanol–water partition coefficient (Wildman–Crippen LogP) is 2.80. The van der Waals surface area contributed by atoms with Gasteiger partial charge in [0.1, 0.15) is 0 Å². The Balaban J connectivity index is 2.87. The van der Waals surface area contributed by atoms with Crippen LogP contribution in [0.4, 0.5) is 0 Å². The van der Waals surface area contributed by atoms with Gasteiger partial charge in [-0.1, -0.05) is 23.7 Å². The molecule has 0 aliphatic carbocycles. The summed E-state index contributed by atoms with van der Waals surface area (Å²) in [6, 6.07) is 6.51. The molecule has 1 aromatic rings. The number of nitrogens with one attached hydrogen (secondary N) is 1. The molecule has 0 bridgehead atoms. The Hall–Kier alpha value is -0.530. The highest BCUT2D eigenvalue weighted by Crippen LogP contribution is 2.20. The SMILES string of the molecule is CNC(C)Cc1c(C)cccc1Cl. The van der Waals surface area contributed by atoms with Crippen LogP contribution in [0.2, 0.25) is 5.02 Å². The summed E-state index contributed by atoms with van der Waals surface area (Å²) < 4.78 is 0. The van der Waals surface area contributed by atoms with E-state index in [1.807, 2.05) is 19.2 Å². The van der Waals surface area contributed by atoms with E-state index < -0.39 is 0 Å². The number of aryl methyl sites for hydroxylation is 1. The van der Waals surface area contributed by atoms with E-state index in [4.69, 9.17) is 11.6 Å². The van der Waals surface area contributed by atoms with Gasteiger partial charge >= 0.3 is 0 Å². The molecule has 0 saturated heterocycles. The van der Waals surface area contributed by atoms with E-state index in [1.54, 1.807) is 0 Å². The van der Waals surface area contributed by atoms with Gasteiger partial charge in [-0.3, -0.25) is 0 Å². The van der Waals surface area contributed by atoms with E-state index in [9.17, 15) is 0 Å². The summed E-state index contributed by atoms with van der Waals surface area (Å²) in [4.78, 5) is 0. The van der Waals surface area contributed by atoms with Crippen LogP contribution in [0.25, 0.3) is 0 Å². The molecule has 0 aromatic heterocycles. The first-order valence-electron chi connectivity index (χ1n) is 4.56. The molecule has 1 rings (SSSR count). The highest BCUT2D eigenvalue weighted by Gasteiger charge is 2.06. The zero-order valence-electron chi connectivity index (χ0n) is 8.39. The molecular weight excluding hydrogens is 182 g/mol. The second-order valence-corrected chi connectivity index (χ2v) is 3.84. The molecule has 13 heavy (non-hydrogen) atoms. The summed E-state index contributed by atoms with van der Waals surface area (Å²) in [6.07, 6.45) is 0.988. The average molecular weight is 198 g/mol. The van der Waals surface area contributed by atoms with Gasteiger partial charge < -0.3 is 5.32 Å². The normalized spacial score (nSPS) is 12.9. The van der Waals surface area contributed by atoms with Crippen molar-refractivity contribution in [3.63, 3.8) is 0 Å². The molecule has 0 radical (unpaired) electrons. The van der Waals surface area contributed by atoms with Gasteiger partial charge in [0, 0.05) is 11.1 Å². The van der Waals surface area contributed by atoms with Gasteiger partial charge in [-0.15, -0.1) is 0 Å². The fourth-order valence-electron chi connectivity index (χ4n) is 1.33. The molecule has 1 atom stereocenters. The first-order chi connectivity index (χ1) is 6.15. The Morgan fingerprint density at radius 1 is 1.46 bits per heavy atom. The number of hydrogen-bond donors (Lipinski definition) is 1. The highest BCUT2D eigenvalue weighted by molar-refractivity contribution is 6.31. The first kappa shape index (κ1) is 10.6. The van der Waals surface area contributed by atoms with Gasteiger partial charge in [0.2, 0.25) is 0 Å². The standard InChI is InChI=1S/C11H16ClN/c1-8-5-4-6-11(12)10(8)7-9(2)13-3/h4-6,9,13H,7H2,1-3H3. The van der Waals surface area contributed by atoms with E-state index >= 15 is 0 Å². The van der Waals surface area contributed by atoms with Gasteiger partial charge in [0.05, 0.1) is 0 Å². The van der Waals surface area contributed by atoms with Gasteiger partial charge in [0.25, 0.3) is 0 Å². The third-order valence-electron chi connectivity index (χ3n) is 2.36. The minimum absolute atomic E-state index is 0.471. The summed E-state index contributed by atoms with van der Waals surface area (Å²) in [5.41, 5.74) is 2.53. The highest BCUT2D eigenvalue weighted by atomic mass is 35.5. The Morgan fingerprint density at radius 3 is 2.69 bits per heavy atom. The number of hydrogen-bond acceptors (Lipinski definition) is 1. The van der Waals surface area contributed by atoms with E-state index in [1.165, 1.54) is 11.1 Å². The van der Waals surface area contributed by atoms with Gasteiger partial charge in [-0.25, -0.2) is 0 Å². The van der Waals surface area contributed by atoms with Crippen molar-refractivity contribution in [1.29, 1.82) is 0 Å². The van der Waals surface area contributed by atoms with Crippen molar-refractivity contribution in [2.24, 2.45) is 0 Å². The number of halogens is 1. The molecule has 1 aromatic carbocycles. The number of likely N-dealkylation sites (N-methyl/N-ethyl adjacent to an activating group) is 1. The second-order valence-electron chi connectivity index (χ2n) is 3.43. The molecule has 1 nitrogen and oxygen atoms in total. The molecule has 0 heterocycles. The van der Waals surface area contributed by atoms with Crippen LogP contribution in [0.3, 0.4) is 0 Å². The van der Waals surface area contributed by atoms with E-state index in [-0.39, 0.29) is 0 Å². The molecule has 0 spiro atoms. The largest absolute Gasteiger partial charge is 0.317 e. The molecule has 0 aliphatic rings. The van der Waals surface area contributed by atoms with Crippen LogP contribution in [-0.2, 0) is 6.42 Å². The van der Waals surface area contributed by atoms with E-state index in [2.05, 4.69) is 25.2 Å². The summed E-state index contributed by atoms with van der Waals surface area (Å²) in [5.74, 6) is 0. The van der Waals surface area contributed by atoms with Crippen LogP contribution in [0.1, 0.15) is 18.1 Å². The Bertz CT molecular complexity index is 263. The summed E-state index contributed by atoms with van der Waals surface area (Å²) >= 11 is 6.10. The van der Waals surface area contributed by atoms with Crippen molar-refractivity contribution < 1.29 is 0 Å². The van der Waals surface area contributed by atoms with Crippen molar-refractivity contribution in [2.45, 2.75) is 26.3 Å². The summed E-state index contributed by atoms with van der Waals surface area (Å²) in [6.45, 7) is 4.26. The maximum atomic E-state index is 6.10. The topological polar surface area (TPSA) is 12.0 Å². The molecule has 0 aliphatic heterocycles. The van der Waals surface area contributed by atoms with Gasteiger partial charge in [0.15, 0.2) is 0 Å². The lowest BCUT2D eigenvalue weighted by molar-refractivity contribution is 0.607. The van der Waals surface area contributed by atoms with Gasteiger partial charge in [-0.2, -0.15) is 0 Å². The fraction of sp³-hybridized carbons (Fsp3) is 0.455. The smallest absolute Gasteiger partial charge is 0.0441 e. The van der Waals surface area contributed by atoms with Crippen LogP contribution in [0, 0.1) is 6.92 Å². The first-order valence-corrected chi connectivity index (χ1v) is 4.94. The second kappa shape index (κ2) is 4.64. The monoisotopic (exact) mass is 197 g/mol. The minimum atomic E-state index is 0.471. The average Bonchev–Trinajstić information content (AvgIpc) is 2.11. The van der Waals surface area contributed by atoms with Crippen molar-refractivity contribution in [2.75, 3.05) is 7.05 Å². The third-order valence-corrected chi connectivity index (χ3v) is 2.71. The molecule has 2 heteroatoms. The maximum Gasteiger partial charge on any atom is 0.0441 e. The van der Waals surface area contributed by atoms with Crippen molar-refractivity contribution in [3.05, 3.63) is 34.3 Å². The molecule has 0 saturated carbocycles. The van der Waals surface area contributed by atoms with E-state index in [0.717, 1.165) is 11.4 Å². The quantitative estimate of drug-likeness (QED) is 0.786. The maximum absolute atomic E-state index is 6.10. The van der Waals surface area contributed by atoms with Crippen molar-refractivity contribution in [3.8, 4) is 0 Å². The van der Waals surface area contributed by atoms with Crippen LogP contribution >= 0.6 is 11.6 Å². The van der Waals surface area contributed by atoms with Crippen LogP contribution in [0.5, 0.6) is 0 Å².